The van der Waals surface area contributed by atoms with Crippen LogP contribution in [-0.4, -0.2) is 75.9 Å². The Bertz CT molecular complexity index is 1930. The number of rotatable bonds is 11. The van der Waals surface area contributed by atoms with Crippen molar-refractivity contribution in [3.05, 3.63) is 99.8 Å². The lowest BCUT2D eigenvalue weighted by molar-refractivity contribution is -0.254. The van der Waals surface area contributed by atoms with Gasteiger partial charge < -0.3 is 49.4 Å². The Balaban J connectivity index is 1.28. The molecule has 3 aromatic carbocycles. The number of hydrogen-bond acceptors (Lipinski definition) is 12. The number of pyridine rings is 1. The molecule has 0 amide bonds. The van der Waals surface area contributed by atoms with Gasteiger partial charge in [0.25, 0.3) is 0 Å². The van der Waals surface area contributed by atoms with E-state index in [1.807, 2.05) is 6.07 Å². The number of ether oxygens (including phenoxy) is 5. The van der Waals surface area contributed by atoms with E-state index in [1.165, 1.54) is 36.5 Å². The number of fused-ring (bicyclic) bond motifs is 1. The zero-order chi connectivity index (χ0) is 36.3. The summed E-state index contributed by atoms with van der Waals surface area (Å²) in [5, 5.41) is 52.6. The third kappa shape index (κ3) is 7.85. The summed E-state index contributed by atoms with van der Waals surface area (Å²) in [6.07, 6.45) is -8.29. The number of aliphatic hydroxyl groups excluding tert-OH is 4. The molecule has 0 bridgehead atoms. The van der Waals surface area contributed by atoms with E-state index in [9.17, 15) is 25.7 Å². The highest BCUT2D eigenvalue weighted by Crippen LogP contribution is 2.43. The van der Waals surface area contributed by atoms with E-state index in [1.54, 1.807) is 37.3 Å². The zero-order valence-electron chi connectivity index (χ0n) is 27.1. The summed E-state index contributed by atoms with van der Waals surface area (Å²) < 4.78 is 59.9. The maximum Gasteiger partial charge on any atom is 0.427 e. The molecule has 51 heavy (non-hydrogen) atoms. The van der Waals surface area contributed by atoms with Crippen LogP contribution in [0.4, 0.5) is 8.78 Å². The fraction of sp³-hybridized carbons (Fsp3) is 0.333. The van der Waals surface area contributed by atoms with Gasteiger partial charge in [0.2, 0.25) is 0 Å². The number of alkyl halides is 2. The Morgan fingerprint density at radius 2 is 1.80 bits per heavy atom. The van der Waals surface area contributed by atoms with Crippen molar-refractivity contribution in [3.8, 4) is 40.2 Å². The minimum atomic E-state index is -3.87. The van der Waals surface area contributed by atoms with E-state index in [2.05, 4.69) is 10.3 Å². The summed E-state index contributed by atoms with van der Waals surface area (Å²) in [5.74, 6) is 0.728. The predicted octanol–water partition coefficient (Wildman–Crippen LogP) is 3.95. The molecule has 5 atom stereocenters. The number of nitrogens with one attached hydrogen (secondary N) is 1. The normalized spacial score (nSPS) is 21.5. The Labute approximate surface area is 296 Å². The van der Waals surface area contributed by atoms with Gasteiger partial charge in [0.1, 0.15) is 61.4 Å². The topological polar surface area (TPSA) is 176 Å². The third-order valence-electron chi connectivity index (χ3n) is 8.62. The fourth-order valence-corrected chi connectivity index (χ4v) is 6.15. The first-order valence-corrected chi connectivity index (χ1v) is 16.3. The Hall–Kier alpha value is -4.59. The van der Waals surface area contributed by atoms with Crippen molar-refractivity contribution in [1.29, 1.82) is 5.26 Å². The molecule has 1 saturated heterocycles. The molecule has 5 N–H and O–H groups in total. The number of aromatic nitrogens is 1. The molecular formula is C36H34ClF2N3O9. The van der Waals surface area contributed by atoms with Crippen LogP contribution in [0, 0.1) is 18.3 Å². The second-order valence-electron chi connectivity index (χ2n) is 11.9. The van der Waals surface area contributed by atoms with Crippen LogP contribution in [0.5, 0.6) is 23.0 Å². The van der Waals surface area contributed by atoms with Gasteiger partial charge in [-0.05, 0) is 65.6 Å². The van der Waals surface area contributed by atoms with Crippen LogP contribution in [0.25, 0.3) is 11.1 Å². The molecule has 0 radical (unpaired) electrons. The molecule has 0 spiro atoms. The van der Waals surface area contributed by atoms with Gasteiger partial charge in [-0.15, -0.1) is 0 Å². The molecule has 15 heteroatoms. The van der Waals surface area contributed by atoms with E-state index in [-0.39, 0.29) is 35.2 Å². The van der Waals surface area contributed by atoms with Gasteiger partial charge in [-0.25, -0.2) is 4.98 Å². The molecule has 4 aromatic rings. The molecule has 2 aliphatic heterocycles. The van der Waals surface area contributed by atoms with Crippen LogP contribution in [0.15, 0.2) is 66.9 Å². The summed E-state index contributed by atoms with van der Waals surface area (Å²) in [5.41, 5.74) is 2.04. The summed E-state index contributed by atoms with van der Waals surface area (Å²) >= 11 is 6.52. The summed E-state index contributed by atoms with van der Waals surface area (Å²) in [4.78, 5) is 3.94. The number of halogens is 3. The van der Waals surface area contributed by atoms with Gasteiger partial charge in [0, 0.05) is 24.4 Å². The molecule has 3 heterocycles. The third-order valence-corrected chi connectivity index (χ3v) is 8.91. The van der Waals surface area contributed by atoms with Crippen molar-refractivity contribution in [1.82, 2.24) is 10.3 Å². The van der Waals surface area contributed by atoms with E-state index in [0.29, 0.717) is 47.0 Å². The molecule has 268 valence electrons. The van der Waals surface area contributed by atoms with Gasteiger partial charge in [0.05, 0.1) is 23.2 Å². The second kappa shape index (κ2) is 15.3. The van der Waals surface area contributed by atoms with Gasteiger partial charge >= 0.3 is 6.11 Å². The number of benzene rings is 3. The Morgan fingerprint density at radius 3 is 2.57 bits per heavy atom. The minimum Gasteiger partial charge on any atom is -0.488 e. The quantitative estimate of drug-likeness (QED) is 0.151. The van der Waals surface area contributed by atoms with Crippen molar-refractivity contribution >= 4 is 11.6 Å². The number of nitriles is 1. The van der Waals surface area contributed by atoms with E-state index in [4.69, 9.17) is 35.3 Å². The molecule has 1 aromatic heterocycles. The summed E-state index contributed by atoms with van der Waals surface area (Å²) in [7, 11) is 0. The predicted molar refractivity (Wildman–Crippen MR) is 177 cm³/mol. The summed E-state index contributed by atoms with van der Waals surface area (Å²) in [6, 6.07) is 16.1. The maximum atomic E-state index is 16.1. The second-order valence-corrected chi connectivity index (χ2v) is 12.3. The lowest BCUT2D eigenvalue weighted by Gasteiger charge is -2.40. The highest BCUT2D eigenvalue weighted by Gasteiger charge is 2.43. The molecule has 5 unspecified atom stereocenters. The number of nitrogens with zero attached hydrogens (tertiary/aromatic N) is 2. The molecule has 12 nitrogen and oxygen atoms in total. The molecular weight excluding hydrogens is 692 g/mol. The lowest BCUT2D eigenvalue weighted by atomic mass is 9.95. The van der Waals surface area contributed by atoms with E-state index in [0.717, 1.165) is 0 Å². The van der Waals surface area contributed by atoms with Crippen LogP contribution < -0.4 is 24.3 Å². The van der Waals surface area contributed by atoms with Crippen LogP contribution in [0.3, 0.4) is 0 Å². The zero-order valence-corrected chi connectivity index (χ0v) is 27.9. The monoisotopic (exact) mass is 725 g/mol. The average molecular weight is 726 g/mol. The first kappa shape index (κ1) is 36.2. The van der Waals surface area contributed by atoms with Crippen LogP contribution in [0.2, 0.25) is 5.02 Å². The molecule has 0 aliphatic carbocycles. The van der Waals surface area contributed by atoms with Crippen molar-refractivity contribution < 1.29 is 52.9 Å². The van der Waals surface area contributed by atoms with Crippen LogP contribution >= 0.6 is 11.6 Å². The van der Waals surface area contributed by atoms with Crippen LogP contribution in [0.1, 0.15) is 27.9 Å². The molecule has 2 aliphatic rings. The average Bonchev–Trinajstić information content (AvgIpc) is 3.13. The van der Waals surface area contributed by atoms with Gasteiger partial charge in [-0.3, -0.25) is 0 Å². The molecule has 1 fully saturated rings. The number of aliphatic hydroxyl groups is 4. The standard InChI is InChI=1S/C36H34ClF2N3O9/c1-19-24(21-5-6-27-30(13-21)48-10-9-47-27)3-2-4-25(19)36(38,39)51-29-14-28(49-18-20-7-8-41-23(11-20)15-40)22(12-26(29)37)16-42-32-34(45)33(44)31(17-43)50-35(32)46/h2-8,11-14,31-35,42-46H,9-10,16-18H2,1H3. The first-order valence-electron chi connectivity index (χ1n) is 15.9. The Morgan fingerprint density at radius 1 is 1.02 bits per heavy atom. The first-order chi connectivity index (χ1) is 24.5. The van der Waals surface area contributed by atoms with Crippen molar-refractivity contribution in [3.63, 3.8) is 0 Å². The minimum absolute atomic E-state index is 0.0456. The maximum absolute atomic E-state index is 16.1. The lowest BCUT2D eigenvalue weighted by Crippen LogP contribution is -2.63. The van der Waals surface area contributed by atoms with Gasteiger partial charge in [0.15, 0.2) is 17.8 Å². The highest BCUT2D eigenvalue weighted by molar-refractivity contribution is 6.32. The molecule has 0 saturated carbocycles. The SMILES string of the molecule is Cc1c(-c2ccc3c(c2)OCCO3)cccc1C(F)(F)Oc1cc(OCc2ccnc(C#N)c2)c(CNC2C(O)OC(CO)C(O)C2O)cc1Cl. The largest absolute Gasteiger partial charge is 0.488 e. The van der Waals surface area contributed by atoms with E-state index >= 15 is 8.78 Å². The van der Waals surface area contributed by atoms with Gasteiger partial charge in [-0.1, -0.05) is 29.8 Å². The molecule has 6 rings (SSSR count). The van der Waals surface area contributed by atoms with Crippen molar-refractivity contribution in [2.24, 2.45) is 0 Å². The van der Waals surface area contributed by atoms with Crippen LogP contribution in [-0.2, 0) is 24.0 Å². The number of hydrogen-bond donors (Lipinski definition) is 5. The Kier molecular flexibility index (Phi) is 10.9. The smallest absolute Gasteiger partial charge is 0.427 e. The van der Waals surface area contributed by atoms with Crippen molar-refractivity contribution in [2.45, 2.75) is 56.8 Å². The van der Waals surface area contributed by atoms with Crippen molar-refractivity contribution in [2.75, 3.05) is 19.8 Å². The fourth-order valence-electron chi connectivity index (χ4n) is 5.93. The van der Waals surface area contributed by atoms with Gasteiger partial charge in [-0.2, -0.15) is 14.0 Å². The summed E-state index contributed by atoms with van der Waals surface area (Å²) in [6.45, 7) is 1.46. The van der Waals surface area contributed by atoms with E-state index < -0.39 is 54.7 Å². The highest BCUT2D eigenvalue weighted by atomic mass is 35.5.